The second-order valence-corrected chi connectivity index (χ2v) is 5.23. The van der Waals surface area contributed by atoms with Crippen LogP contribution in [0.15, 0.2) is 24.3 Å². The van der Waals surface area contributed by atoms with Crippen molar-refractivity contribution in [2.24, 2.45) is 0 Å². The lowest BCUT2D eigenvalue weighted by Crippen LogP contribution is -2.32. The van der Waals surface area contributed by atoms with Crippen LogP contribution in [-0.4, -0.2) is 26.2 Å². The Kier molecular flexibility index (Phi) is 8.31. The number of nitrogens with one attached hydrogen (secondary N) is 1. The second kappa shape index (κ2) is 9.85. The number of rotatable bonds is 10. The van der Waals surface area contributed by atoms with Crippen LogP contribution in [0, 0.1) is 6.92 Å². The van der Waals surface area contributed by atoms with E-state index in [2.05, 4.69) is 55.3 Å². The average molecular weight is 262 g/mol. The fourth-order valence-corrected chi connectivity index (χ4v) is 2.24. The highest BCUT2D eigenvalue weighted by molar-refractivity contribution is 5.47. The van der Waals surface area contributed by atoms with E-state index in [1.165, 1.54) is 36.9 Å². The van der Waals surface area contributed by atoms with Crippen molar-refractivity contribution >= 4 is 5.69 Å². The molecule has 0 spiro atoms. The highest BCUT2D eigenvalue weighted by Gasteiger charge is 2.02. The zero-order chi connectivity index (χ0) is 13.9. The van der Waals surface area contributed by atoms with Gasteiger partial charge in [0, 0.05) is 25.3 Å². The van der Waals surface area contributed by atoms with Gasteiger partial charge in [-0.15, -0.1) is 0 Å². The molecule has 0 saturated carbocycles. The Balaban J connectivity index is 2.20. The normalized spacial score (nSPS) is 10.7. The number of nitrogens with zero attached hydrogens (tertiary/aromatic N) is 1. The molecule has 0 amide bonds. The monoisotopic (exact) mass is 262 g/mol. The number of hydrogen-bond acceptors (Lipinski definition) is 2. The molecule has 0 unspecified atom stereocenters. The molecule has 1 aromatic carbocycles. The Morgan fingerprint density at radius 1 is 0.947 bits per heavy atom. The average Bonchev–Trinajstić information content (AvgIpc) is 2.43. The maximum absolute atomic E-state index is 3.55. The van der Waals surface area contributed by atoms with Crippen molar-refractivity contribution in [2.75, 3.05) is 31.1 Å². The molecule has 0 heterocycles. The molecule has 2 nitrogen and oxygen atoms in total. The lowest BCUT2D eigenvalue weighted by molar-refractivity contribution is 0.594. The third kappa shape index (κ3) is 6.63. The van der Waals surface area contributed by atoms with Crippen LogP contribution in [0.1, 0.15) is 45.1 Å². The van der Waals surface area contributed by atoms with Gasteiger partial charge in [0.15, 0.2) is 0 Å². The molecule has 0 radical (unpaired) electrons. The largest absolute Gasteiger partial charge is 0.371 e. The molecular formula is C17H30N2. The summed E-state index contributed by atoms with van der Waals surface area (Å²) in [4.78, 5) is 2.43. The van der Waals surface area contributed by atoms with Gasteiger partial charge >= 0.3 is 0 Å². The first-order valence-electron chi connectivity index (χ1n) is 7.80. The Hall–Kier alpha value is -1.02. The van der Waals surface area contributed by atoms with Crippen LogP contribution in [0.4, 0.5) is 5.69 Å². The Morgan fingerprint density at radius 2 is 1.68 bits per heavy atom. The molecule has 0 fully saturated rings. The van der Waals surface area contributed by atoms with E-state index in [1.807, 2.05) is 0 Å². The third-order valence-corrected chi connectivity index (χ3v) is 3.55. The smallest absolute Gasteiger partial charge is 0.0366 e. The zero-order valence-electron chi connectivity index (χ0n) is 12.9. The summed E-state index contributed by atoms with van der Waals surface area (Å²) in [6.45, 7) is 11.0. The Morgan fingerprint density at radius 3 is 2.32 bits per heavy atom. The quantitative estimate of drug-likeness (QED) is 0.641. The van der Waals surface area contributed by atoms with E-state index in [-0.39, 0.29) is 0 Å². The van der Waals surface area contributed by atoms with Crippen molar-refractivity contribution in [3.63, 3.8) is 0 Å². The van der Waals surface area contributed by atoms with Crippen LogP contribution in [0.25, 0.3) is 0 Å². The first-order valence-corrected chi connectivity index (χ1v) is 7.80. The standard InChI is InChI=1S/C17H30N2/c1-4-6-7-8-13-18-14-15-19(5-2)17-11-9-16(3)10-12-17/h9-12,18H,4-8,13-15H2,1-3H3. The summed E-state index contributed by atoms with van der Waals surface area (Å²) >= 11 is 0. The summed E-state index contributed by atoms with van der Waals surface area (Å²) in [7, 11) is 0. The molecule has 2 heteroatoms. The van der Waals surface area contributed by atoms with Gasteiger partial charge in [0.1, 0.15) is 0 Å². The van der Waals surface area contributed by atoms with Crippen molar-refractivity contribution in [1.29, 1.82) is 0 Å². The van der Waals surface area contributed by atoms with E-state index >= 15 is 0 Å². The molecule has 0 saturated heterocycles. The first kappa shape index (κ1) is 16.0. The number of anilines is 1. The number of benzene rings is 1. The predicted molar refractivity (Wildman–Crippen MR) is 86.1 cm³/mol. The van der Waals surface area contributed by atoms with E-state index in [9.17, 15) is 0 Å². The van der Waals surface area contributed by atoms with Crippen molar-refractivity contribution in [3.05, 3.63) is 29.8 Å². The van der Waals surface area contributed by atoms with Gasteiger partial charge < -0.3 is 10.2 Å². The van der Waals surface area contributed by atoms with E-state index in [1.54, 1.807) is 0 Å². The third-order valence-electron chi connectivity index (χ3n) is 3.55. The van der Waals surface area contributed by atoms with Crippen LogP contribution in [0.5, 0.6) is 0 Å². The summed E-state index contributed by atoms with van der Waals surface area (Å²) in [5.74, 6) is 0. The predicted octanol–water partition coefficient (Wildman–Crippen LogP) is 3.99. The highest BCUT2D eigenvalue weighted by atomic mass is 15.1. The maximum Gasteiger partial charge on any atom is 0.0366 e. The van der Waals surface area contributed by atoms with Crippen molar-refractivity contribution in [1.82, 2.24) is 5.32 Å². The minimum absolute atomic E-state index is 1.07. The number of likely N-dealkylation sites (N-methyl/N-ethyl adjacent to an activating group) is 1. The minimum atomic E-state index is 1.07. The fraction of sp³-hybridized carbons (Fsp3) is 0.647. The molecule has 0 bridgehead atoms. The molecule has 1 rings (SSSR count). The summed E-state index contributed by atoms with van der Waals surface area (Å²) in [5, 5.41) is 3.55. The van der Waals surface area contributed by atoms with E-state index < -0.39 is 0 Å². The van der Waals surface area contributed by atoms with Crippen LogP contribution >= 0.6 is 0 Å². The van der Waals surface area contributed by atoms with Crippen molar-refractivity contribution in [3.8, 4) is 0 Å². The SMILES string of the molecule is CCCCCCNCCN(CC)c1ccc(C)cc1. The lowest BCUT2D eigenvalue weighted by Gasteiger charge is -2.23. The van der Waals surface area contributed by atoms with E-state index in [4.69, 9.17) is 0 Å². The van der Waals surface area contributed by atoms with Gasteiger partial charge in [0.05, 0.1) is 0 Å². The zero-order valence-corrected chi connectivity index (χ0v) is 12.9. The van der Waals surface area contributed by atoms with Crippen LogP contribution in [0.3, 0.4) is 0 Å². The van der Waals surface area contributed by atoms with Crippen LogP contribution in [0.2, 0.25) is 0 Å². The van der Waals surface area contributed by atoms with Gasteiger partial charge in [0.25, 0.3) is 0 Å². The Bertz CT molecular complexity index is 319. The highest BCUT2D eigenvalue weighted by Crippen LogP contribution is 2.14. The molecule has 19 heavy (non-hydrogen) atoms. The van der Waals surface area contributed by atoms with Gasteiger partial charge in [0.2, 0.25) is 0 Å². The minimum Gasteiger partial charge on any atom is -0.371 e. The van der Waals surface area contributed by atoms with Crippen LogP contribution in [-0.2, 0) is 0 Å². The van der Waals surface area contributed by atoms with Crippen molar-refractivity contribution in [2.45, 2.75) is 46.5 Å². The van der Waals surface area contributed by atoms with E-state index in [0.717, 1.165) is 26.2 Å². The van der Waals surface area contributed by atoms with E-state index in [0.29, 0.717) is 0 Å². The molecule has 0 aliphatic carbocycles. The molecule has 1 aromatic rings. The van der Waals surface area contributed by atoms with Gasteiger partial charge in [-0.1, -0.05) is 43.9 Å². The molecule has 108 valence electrons. The maximum atomic E-state index is 3.55. The fourth-order valence-electron chi connectivity index (χ4n) is 2.24. The molecule has 0 aliphatic rings. The molecule has 1 N–H and O–H groups in total. The van der Waals surface area contributed by atoms with Gasteiger partial charge in [-0.2, -0.15) is 0 Å². The van der Waals surface area contributed by atoms with Gasteiger partial charge in [-0.3, -0.25) is 0 Å². The summed E-state index contributed by atoms with van der Waals surface area (Å²) < 4.78 is 0. The number of hydrogen-bond donors (Lipinski definition) is 1. The van der Waals surface area contributed by atoms with Crippen LogP contribution < -0.4 is 10.2 Å². The summed E-state index contributed by atoms with van der Waals surface area (Å²) in [6, 6.07) is 8.83. The topological polar surface area (TPSA) is 15.3 Å². The molecule has 0 aromatic heterocycles. The van der Waals surface area contributed by atoms with Gasteiger partial charge in [-0.05, 0) is 38.9 Å². The molecule has 0 atom stereocenters. The second-order valence-electron chi connectivity index (χ2n) is 5.23. The molecule has 0 aliphatic heterocycles. The summed E-state index contributed by atoms with van der Waals surface area (Å²) in [6.07, 6.45) is 5.35. The summed E-state index contributed by atoms with van der Waals surface area (Å²) in [5.41, 5.74) is 2.66. The lowest BCUT2D eigenvalue weighted by atomic mass is 10.2. The van der Waals surface area contributed by atoms with Gasteiger partial charge in [-0.25, -0.2) is 0 Å². The number of aryl methyl sites for hydroxylation is 1. The number of unbranched alkanes of at least 4 members (excludes halogenated alkanes) is 3. The van der Waals surface area contributed by atoms with Crippen molar-refractivity contribution < 1.29 is 0 Å². The Labute approximate surface area is 119 Å². The molecular weight excluding hydrogens is 232 g/mol. The first-order chi connectivity index (χ1) is 9.27.